The maximum atomic E-state index is 12.4. The fourth-order valence-corrected chi connectivity index (χ4v) is 2.27. The molecule has 92 valence electrons. The maximum Gasteiger partial charge on any atom is 0.198 e. The molecule has 1 heterocycles. The van der Waals surface area contributed by atoms with E-state index in [0.717, 1.165) is 12.8 Å². The van der Waals surface area contributed by atoms with Crippen LogP contribution >= 0.6 is 11.6 Å². The van der Waals surface area contributed by atoms with Crippen LogP contribution in [0.5, 0.6) is 5.75 Å². The van der Waals surface area contributed by atoms with Crippen LogP contribution in [0.15, 0.2) is 18.2 Å². The summed E-state index contributed by atoms with van der Waals surface area (Å²) in [7, 11) is 1.54. The monoisotopic (exact) mass is 254 g/mol. The lowest BCUT2D eigenvalue weighted by Gasteiger charge is -2.22. The normalized spacial score (nSPS) is 23.7. The van der Waals surface area contributed by atoms with Crippen LogP contribution in [0.2, 0.25) is 5.02 Å². The van der Waals surface area contributed by atoms with Crippen molar-refractivity contribution in [1.29, 1.82) is 0 Å². The molecule has 1 aromatic rings. The van der Waals surface area contributed by atoms with Crippen molar-refractivity contribution in [3.05, 3.63) is 28.8 Å². The van der Waals surface area contributed by atoms with Crippen molar-refractivity contribution in [2.45, 2.75) is 25.4 Å². The van der Waals surface area contributed by atoms with Gasteiger partial charge in [-0.3, -0.25) is 4.79 Å². The average Bonchev–Trinajstić information content (AvgIpc) is 2.76. The van der Waals surface area contributed by atoms with Crippen LogP contribution in [0.3, 0.4) is 0 Å². The summed E-state index contributed by atoms with van der Waals surface area (Å²) in [6.07, 6.45) is 1.65. The van der Waals surface area contributed by atoms with Crippen molar-refractivity contribution >= 4 is 17.4 Å². The smallest absolute Gasteiger partial charge is 0.198 e. The first-order valence-corrected chi connectivity index (χ1v) is 5.97. The van der Waals surface area contributed by atoms with E-state index in [2.05, 4.69) is 0 Å². The lowest BCUT2D eigenvalue weighted by atomic mass is 9.91. The van der Waals surface area contributed by atoms with Crippen LogP contribution in [-0.2, 0) is 4.74 Å². The molecule has 4 heteroatoms. The Morgan fingerprint density at radius 2 is 2.29 bits per heavy atom. The molecule has 1 aromatic carbocycles. The molecule has 1 aliphatic rings. The van der Waals surface area contributed by atoms with Gasteiger partial charge in [-0.1, -0.05) is 11.6 Å². The van der Waals surface area contributed by atoms with Crippen LogP contribution in [0.4, 0.5) is 0 Å². The van der Waals surface area contributed by atoms with Gasteiger partial charge < -0.3 is 9.47 Å². The number of rotatable bonds is 3. The summed E-state index contributed by atoms with van der Waals surface area (Å²) in [5.74, 6) is 0.477. The number of benzene rings is 1. The molecule has 17 heavy (non-hydrogen) atoms. The first kappa shape index (κ1) is 12.4. The summed E-state index contributed by atoms with van der Waals surface area (Å²) in [6, 6.07) is 5.04. The number of halogens is 1. The molecule has 0 bridgehead atoms. The minimum Gasteiger partial charge on any atom is -0.496 e. The van der Waals surface area contributed by atoms with E-state index in [-0.39, 0.29) is 5.78 Å². The van der Waals surface area contributed by atoms with E-state index >= 15 is 0 Å². The molecule has 1 fully saturated rings. The maximum absolute atomic E-state index is 12.4. The number of carbonyl (C=O) groups is 1. The van der Waals surface area contributed by atoms with E-state index in [1.165, 1.54) is 7.11 Å². The Balaban J connectivity index is 2.39. The fraction of sp³-hybridized carbons (Fsp3) is 0.462. The standard InChI is InChI=1S/C13H15ClO3/c1-13(6-3-7-17-13)12(15)10-8-9(14)4-5-11(10)16-2/h4-5,8H,3,6-7H2,1-2H3. The Morgan fingerprint density at radius 1 is 1.53 bits per heavy atom. The Kier molecular flexibility index (Phi) is 3.40. The molecule has 0 amide bonds. The molecular formula is C13H15ClO3. The van der Waals surface area contributed by atoms with Gasteiger partial charge in [0.05, 0.1) is 12.7 Å². The second-order valence-corrected chi connectivity index (χ2v) is 4.79. The first-order chi connectivity index (χ1) is 8.07. The van der Waals surface area contributed by atoms with Gasteiger partial charge in [0.25, 0.3) is 0 Å². The van der Waals surface area contributed by atoms with Gasteiger partial charge in [0, 0.05) is 11.6 Å². The zero-order valence-electron chi connectivity index (χ0n) is 9.96. The predicted octanol–water partition coefficient (Wildman–Crippen LogP) is 3.10. The third-order valence-electron chi connectivity index (χ3n) is 3.11. The highest BCUT2D eigenvalue weighted by Gasteiger charge is 2.39. The second-order valence-electron chi connectivity index (χ2n) is 4.36. The largest absolute Gasteiger partial charge is 0.496 e. The summed E-state index contributed by atoms with van der Waals surface area (Å²) in [6.45, 7) is 2.45. The highest BCUT2D eigenvalue weighted by molar-refractivity contribution is 6.31. The van der Waals surface area contributed by atoms with Gasteiger partial charge in [0.2, 0.25) is 0 Å². The molecule has 0 spiro atoms. The summed E-state index contributed by atoms with van der Waals surface area (Å²) in [5, 5.41) is 0.524. The number of carbonyl (C=O) groups excluding carboxylic acids is 1. The minimum absolute atomic E-state index is 0.0608. The molecule has 0 N–H and O–H groups in total. The molecule has 1 unspecified atom stereocenters. The van der Waals surface area contributed by atoms with Crippen LogP contribution < -0.4 is 4.74 Å². The molecule has 0 aromatic heterocycles. The van der Waals surface area contributed by atoms with Crippen molar-refractivity contribution in [3.63, 3.8) is 0 Å². The van der Waals surface area contributed by atoms with Crippen molar-refractivity contribution in [2.75, 3.05) is 13.7 Å². The second kappa shape index (κ2) is 4.67. The minimum atomic E-state index is -0.738. The molecular weight excluding hydrogens is 240 g/mol. The number of Topliss-reactive ketones (excluding diaryl/α,β-unsaturated/α-hetero) is 1. The zero-order chi connectivity index (χ0) is 12.5. The van der Waals surface area contributed by atoms with Crippen molar-refractivity contribution < 1.29 is 14.3 Å². The van der Waals surface area contributed by atoms with Crippen LogP contribution in [0.25, 0.3) is 0 Å². The fourth-order valence-electron chi connectivity index (χ4n) is 2.10. The number of ether oxygens (including phenoxy) is 2. The Hall–Kier alpha value is -1.06. The van der Waals surface area contributed by atoms with Gasteiger partial charge >= 0.3 is 0 Å². The van der Waals surface area contributed by atoms with Crippen molar-refractivity contribution in [1.82, 2.24) is 0 Å². The number of ketones is 1. The third-order valence-corrected chi connectivity index (χ3v) is 3.34. The summed E-state index contributed by atoms with van der Waals surface area (Å²) < 4.78 is 10.7. The molecule has 1 atom stereocenters. The summed E-state index contributed by atoms with van der Waals surface area (Å²) in [4.78, 5) is 12.4. The van der Waals surface area contributed by atoms with E-state index in [1.54, 1.807) is 18.2 Å². The van der Waals surface area contributed by atoms with Crippen molar-refractivity contribution in [3.8, 4) is 5.75 Å². The number of methoxy groups -OCH3 is 1. The molecule has 3 nitrogen and oxygen atoms in total. The van der Waals surface area contributed by atoms with Gasteiger partial charge in [0.15, 0.2) is 5.78 Å². The lowest BCUT2D eigenvalue weighted by molar-refractivity contribution is 0.0211. The Bertz CT molecular complexity index is 436. The molecule has 0 aliphatic carbocycles. The van der Waals surface area contributed by atoms with E-state index in [0.29, 0.717) is 22.9 Å². The Morgan fingerprint density at radius 3 is 2.88 bits per heavy atom. The predicted molar refractivity (Wildman–Crippen MR) is 65.9 cm³/mol. The quantitative estimate of drug-likeness (QED) is 0.778. The summed E-state index contributed by atoms with van der Waals surface area (Å²) in [5.41, 5.74) is -0.248. The van der Waals surface area contributed by atoms with Gasteiger partial charge in [-0.05, 0) is 38.0 Å². The molecule has 1 saturated heterocycles. The summed E-state index contributed by atoms with van der Waals surface area (Å²) >= 11 is 5.92. The average molecular weight is 255 g/mol. The van der Waals surface area contributed by atoms with E-state index in [4.69, 9.17) is 21.1 Å². The van der Waals surface area contributed by atoms with Gasteiger partial charge in [-0.15, -0.1) is 0 Å². The van der Waals surface area contributed by atoms with E-state index in [9.17, 15) is 4.79 Å². The molecule has 1 aliphatic heterocycles. The lowest BCUT2D eigenvalue weighted by Crippen LogP contribution is -2.34. The van der Waals surface area contributed by atoms with Gasteiger partial charge in [0.1, 0.15) is 11.4 Å². The van der Waals surface area contributed by atoms with Gasteiger partial charge in [-0.25, -0.2) is 0 Å². The molecule has 0 radical (unpaired) electrons. The SMILES string of the molecule is COc1ccc(Cl)cc1C(=O)C1(C)CCCO1. The highest BCUT2D eigenvalue weighted by Crippen LogP contribution is 2.33. The number of hydrogen-bond acceptors (Lipinski definition) is 3. The highest BCUT2D eigenvalue weighted by atomic mass is 35.5. The topological polar surface area (TPSA) is 35.5 Å². The van der Waals surface area contributed by atoms with Crippen LogP contribution in [-0.4, -0.2) is 25.1 Å². The molecule has 0 saturated carbocycles. The first-order valence-electron chi connectivity index (χ1n) is 5.59. The Labute approximate surface area is 106 Å². The van der Waals surface area contributed by atoms with E-state index < -0.39 is 5.60 Å². The van der Waals surface area contributed by atoms with Crippen LogP contribution in [0.1, 0.15) is 30.1 Å². The molecule has 2 rings (SSSR count). The van der Waals surface area contributed by atoms with Gasteiger partial charge in [-0.2, -0.15) is 0 Å². The van der Waals surface area contributed by atoms with Crippen LogP contribution in [0, 0.1) is 0 Å². The third kappa shape index (κ3) is 2.31. The number of hydrogen-bond donors (Lipinski definition) is 0. The van der Waals surface area contributed by atoms with Crippen molar-refractivity contribution in [2.24, 2.45) is 0 Å². The van der Waals surface area contributed by atoms with E-state index in [1.807, 2.05) is 6.92 Å². The zero-order valence-corrected chi connectivity index (χ0v) is 10.7.